The summed E-state index contributed by atoms with van der Waals surface area (Å²) in [7, 11) is 0. The molecule has 6 nitrogen and oxygen atoms in total. The minimum Gasteiger partial charge on any atom is -0.395 e. The van der Waals surface area contributed by atoms with Crippen LogP contribution in [0.4, 0.5) is 15.8 Å². The van der Waals surface area contributed by atoms with Gasteiger partial charge in [-0.3, -0.25) is 0 Å². The third kappa shape index (κ3) is 2.01. The second-order valence-corrected chi connectivity index (χ2v) is 2.88. The van der Waals surface area contributed by atoms with Gasteiger partial charge in [0.15, 0.2) is 5.82 Å². The molecular formula is C8H9FN6. The second kappa shape index (κ2) is 3.91. The summed E-state index contributed by atoms with van der Waals surface area (Å²) in [5.41, 5.74) is 6.12. The van der Waals surface area contributed by atoms with Gasteiger partial charge in [-0.25, -0.2) is 4.39 Å². The fourth-order valence-corrected chi connectivity index (χ4v) is 1.12. The average molecular weight is 208 g/mol. The lowest BCUT2D eigenvalue weighted by atomic mass is 10.2. The molecule has 2 rings (SSSR count). The number of hydrogen-bond acceptors (Lipinski definition) is 5. The van der Waals surface area contributed by atoms with Crippen molar-refractivity contribution in [2.24, 2.45) is 0 Å². The molecule has 2 aromatic rings. The maximum atomic E-state index is 13.0. The largest absolute Gasteiger partial charge is 0.395 e. The van der Waals surface area contributed by atoms with Crippen molar-refractivity contribution in [3.8, 4) is 0 Å². The Morgan fingerprint density at radius 3 is 3.07 bits per heavy atom. The number of nitrogens with two attached hydrogens (primary N) is 1. The third-order valence-corrected chi connectivity index (χ3v) is 1.88. The molecule has 78 valence electrons. The highest BCUT2D eigenvalue weighted by Crippen LogP contribution is 2.21. The van der Waals surface area contributed by atoms with Crippen molar-refractivity contribution >= 4 is 11.4 Å². The van der Waals surface area contributed by atoms with Crippen molar-refractivity contribution in [2.45, 2.75) is 6.54 Å². The minimum absolute atomic E-state index is 0.0843. The van der Waals surface area contributed by atoms with Crippen molar-refractivity contribution in [1.82, 2.24) is 20.6 Å². The lowest BCUT2D eigenvalue weighted by Gasteiger charge is -2.07. The Labute approximate surface area is 84.7 Å². The van der Waals surface area contributed by atoms with Gasteiger partial charge < -0.3 is 11.1 Å². The molecule has 7 heteroatoms. The first-order valence-corrected chi connectivity index (χ1v) is 4.27. The Balaban J connectivity index is 2.08. The number of benzene rings is 1. The normalized spacial score (nSPS) is 10.2. The SMILES string of the molecule is Nc1c(F)cccc1NCc1nn[nH]n1. The van der Waals surface area contributed by atoms with Gasteiger partial charge in [0.1, 0.15) is 5.82 Å². The summed E-state index contributed by atoms with van der Waals surface area (Å²) >= 11 is 0. The highest BCUT2D eigenvalue weighted by molar-refractivity contribution is 5.66. The number of para-hydroxylation sites is 1. The number of aromatic nitrogens is 4. The van der Waals surface area contributed by atoms with Crippen LogP contribution in [0.25, 0.3) is 0 Å². The standard InChI is InChI=1S/C8H9FN6/c9-5-2-1-3-6(8(5)10)11-4-7-12-14-15-13-7/h1-3,11H,4,10H2,(H,12,13,14,15). The lowest BCUT2D eigenvalue weighted by molar-refractivity contribution is 0.633. The van der Waals surface area contributed by atoms with E-state index in [4.69, 9.17) is 5.73 Å². The molecule has 1 heterocycles. The van der Waals surface area contributed by atoms with E-state index in [1.54, 1.807) is 12.1 Å². The van der Waals surface area contributed by atoms with Crippen LogP contribution < -0.4 is 11.1 Å². The van der Waals surface area contributed by atoms with E-state index >= 15 is 0 Å². The fourth-order valence-electron chi connectivity index (χ4n) is 1.12. The number of aromatic amines is 1. The van der Waals surface area contributed by atoms with Gasteiger partial charge in [0.2, 0.25) is 0 Å². The molecule has 0 radical (unpaired) electrons. The number of hydrogen-bond donors (Lipinski definition) is 3. The van der Waals surface area contributed by atoms with E-state index in [2.05, 4.69) is 25.9 Å². The van der Waals surface area contributed by atoms with Crippen LogP contribution in [0.15, 0.2) is 18.2 Å². The first kappa shape index (κ1) is 9.38. The molecule has 0 amide bonds. The van der Waals surface area contributed by atoms with Crippen LogP contribution in [0.1, 0.15) is 5.82 Å². The van der Waals surface area contributed by atoms with E-state index in [0.717, 1.165) is 0 Å². The monoisotopic (exact) mass is 208 g/mol. The molecule has 0 atom stereocenters. The summed E-state index contributed by atoms with van der Waals surface area (Å²) in [4.78, 5) is 0. The number of nitrogens with one attached hydrogen (secondary N) is 2. The van der Waals surface area contributed by atoms with Gasteiger partial charge in [-0.05, 0) is 12.1 Å². The number of anilines is 2. The predicted molar refractivity (Wildman–Crippen MR) is 52.3 cm³/mol. The molecule has 0 aliphatic carbocycles. The molecular weight excluding hydrogens is 199 g/mol. The van der Waals surface area contributed by atoms with Crippen molar-refractivity contribution in [1.29, 1.82) is 0 Å². The Kier molecular flexibility index (Phi) is 2.44. The van der Waals surface area contributed by atoms with E-state index < -0.39 is 5.82 Å². The van der Waals surface area contributed by atoms with E-state index in [9.17, 15) is 4.39 Å². The molecule has 1 aromatic heterocycles. The zero-order valence-corrected chi connectivity index (χ0v) is 7.74. The second-order valence-electron chi connectivity index (χ2n) is 2.88. The van der Waals surface area contributed by atoms with Crippen LogP contribution in [-0.2, 0) is 6.54 Å². The molecule has 0 fully saturated rings. The molecule has 0 unspecified atom stereocenters. The first-order valence-electron chi connectivity index (χ1n) is 4.27. The van der Waals surface area contributed by atoms with Crippen LogP contribution in [0.2, 0.25) is 0 Å². The maximum Gasteiger partial charge on any atom is 0.193 e. The van der Waals surface area contributed by atoms with Gasteiger partial charge in [-0.2, -0.15) is 5.21 Å². The first-order chi connectivity index (χ1) is 7.27. The number of halogens is 1. The Morgan fingerprint density at radius 1 is 1.47 bits per heavy atom. The third-order valence-electron chi connectivity index (χ3n) is 1.88. The van der Waals surface area contributed by atoms with Gasteiger partial charge in [0, 0.05) is 0 Å². The Hall–Kier alpha value is -2.18. The van der Waals surface area contributed by atoms with Crippen LogP contribution in [0.3, 0.4) is 0 Å². The Morgan fingerprint density at radius 2 is 2.33 bits per heavy atom. The Bertz CT molecular complexity index is 440. The number of tetrazole rings is 1. The molecule has 4 N–H and O–H groups in total. The zero-order valence-electron chi connectivity index (χ0n) is 7.74. The van der Waals surface area contributed by atoms with E-state index in [0.29, 0.717) is 18.1 Å². The van der Waals surface area contributed by atoms with Crippen LogP contribution >= 0.6 is 0 Å². The molecule has 1 aromatic carbocycles. The zero-order chi connectivity index (χ0) is 10.7. The minimum atomic E-state index is -0.451. The molecule has 0 aliphatic rings. The average Bonchev–Trinajstić information content (AvgIpc) is 2.73. The molecule has 0 spiro atoms. The number of H-pyrrole nitrogens is 1. The highest BCUT2D eigenvalue weighted by atomic mass is 19.1. The molecule has 15 heavy (non-hydrogen) atoms. The molecule has 0 aliphatic heterocycles. The summed E-state index contributed by atoms with van der Waals surface area (Å²) in [5.74, 6) is 0.0340. The van der Waals surface area contributed by atoms with Crippen molar-refractivity contribution in [3.63, 3.8) is 0 Å². The summed E-state index contributed by atoms with van der Waals surface area (Å²) < 4.78 is 13.0. The summed E-state index contributed by atoms with van der Waals surface area (Å²) in [6.45, 7) is 0.337. The smallest absolute Gasteiger partial charge is 0.193 e. The topological polar surface area (TPSA) is 92.5 Å². The van der Waals surface area contributed by atoms with Crippen molar-refractivity contribution < 1.29 is 4.39 Å². The van der Waals surface area contributed by atoms with Crippen LogP contribution in [-0.4, -0.2) is 20.6 Å². The summed E-state index contributed by atoms with van der Waals surface area (Å²) in [6, 6.07) is 4.55. The van der Waals surface area contributed by atoms with Crippen LogP contribution in [0.5, 0.6) is 0 Å². The number of nitrogens with zero attached hydrogens (tertiary/aromatic N) is 3. The molecule has 0 saturated heterocycles. The van der Waals surface area contributed by atoms with Gasteiger partial charge in [-0.15, -0.1) is 10.2 Å². The highest BCUT2D eigenvalue weighted by Gasteiger charge is 2.04. The predicted octanol–water partition coefficient (Wildman–Crippen LogP) is 0.533. The lowest BCUT2D eigenvalue weighted by Crippen LogP contribution is -2.05. The quantitative estimate of drug-likeness (QED) is 0.640. The van der Waals surface area contributed by atoms with Crippen molar-refractivity contribution in [3.05, 3.63) is 29.8 Å². The number of rotatable bonds is 3. The van der Waals surface area contributed by atoms with Gasteiger partial charge in [-0.1, -0.05) is 11.3 Å². The maximum absolute atomic E-state index is 13.0. The van der Waals surface area contributed by atoms with E-state index in [-0.39, 0.29) is 5.69 Å². The van der Waals surface area contributed by atoms with E-state index in [1.165, 1.54) is 6.07 Å². The molecule has 0 saturated carbocycles. The van der Waals surface area contributed by atoms with Gasteiger partial charge in [0.05, 0.1) is 17.9 Å². The number of nitrogen functional groups attached to an aromatic ring is 1. The summed E-state index contributed by atoms with van der Waals surface area (Å²) in [5, 5.41) is 16.1. The van der Waals surface area contributed by atoms with Gasteiger partial charge in [0.25, 0.3) is 0 Å². The van der Waals surface area contributed by atoms with Crippen molar-refractivity contribution in [2.75, 3.05) is 11.1 Å². The van der Waals surface area contributed by atoms with Gasteiger partial charge >= 0.3 is 0 Å². The summed E-state index contributed by atoms with van der Waals surface area (Å²) in [6.07, 6.45) is 0. The van der Waals surface area contributed by atoms with E-state index in [1.807, 2.05) is 0 Å². The van der Waals surface area contributed by atoms with Crippen LogP contribution in [0, 0.1) is 5.82 Å². The fraction of sp³-hybridized carbons (Fsp3) is 0.125. The molecule has 0 bridgehead atoms.